The molecule has 8 aromatic carbocycles. The molecule has 0 saturated heterocycles. The van der Waals surface area contributed by atoms with Crippen molar-refractivity contribution in [2.24, 2.45) is 0 Å². The molecule has 4 heteroatoms. The van der Waals surface area contributed by atoms with E-state index in [1.165, 1.54) is 26.9 Å². The van der Waals surface area contributed by atoms with Gasteiger partial charge >= 0.3 is 0 Å². The number of rotatable bonds is 4. The molecule has 0 saturated carbocycles. The van der Waals surface area contributed by atoms with E-state index in [-0.39, 0.29) is 0 Å². The molecule has 2 aromatic heterocycles. The third-order valence-electron chi connectivity index (χ3n) is 9.50. The molecular weight excluding hydrogens is 599 g/mol. The lowest BCUT2D eigenvalue weighted by Gasteiger charge is -2.11. The van der Waals surface area contributed by atoms with Crippen LogP contribution in [-0.2, 0) is 0 Å². The topological polar surface area (TPSA) is 51.8 Å². The summed E-state index contributed by atoms with van der Waals surface area (Å²) in [5.74, 6) is 1.90. The maximum atomic E-state index is 6.20. The predicted molar refractivity (Wildman–Crippen MR) is 201 cm³/mol. The third-order valence-corrected chi connectivity index (χ3v) is 9.50. The minimum Gasteiger partial charge on any atom is -0.456 e. The highest BCUT2D eigenvalue weighted by molar-refractivity contribution is 6.17. The predicted octanol–water partition coefficient (Wildman–Crippen LogP) is 11.9. The van der Waals surface area contributed by atoms with Crippen LogP contribution in [0.25, 0.3) is 99.5 Å². The SMILES string of the molecule is c1ccc(-c2nc(-c3cccc(-c4cccc5oc6ccccc6c45)c3)nc(-c3ccc4c(ccc5c6ccccc6ccc45)c3)n2)cc1. The van der Waals surface area contributed by atoms with Gasteiger partial charge in [0.2, 0.25) is 0 Å². The number of hydrogen-bond donors (Lipinski definition) is 0. The first-order chi connectivity index (χ1) is 24.3. The van der Waals surface area contributed by atoms with E-state index in [1.807, 2.05) is 54.6 Å². The van der Waals surface area contributed by atoms with Gasteiger partial charge in [-0.2, -0.15) is 0 Å². The minimum atomic E-state index is 0.625. The fraction of sp³-hybridized carbons (Fsp3) is 0. The van der Waals surface area contributed by atoms with E-state index < -0.39 is 0 Å². The first-order valence-corrected chi connectivity index (χ1v) is 16.4. The Morgan fingerprint density at radius 3 is 1.73 bits per heavy atom. The van der Waals surface area contributed by atoms with Gasteiger partial charge < -0.3 is 4.42 Å². The summed E-state index contributed by atoms with van der Waals surface area (Å²) in [5.41, 5.74) is 6.74. The second-order valence-electron chi connectivity index (χ2n) is 12.4. The third kappa shape index (κ3) is 4.57. The lowest BCUT2D eigenvalue weighted by molar-refractivity contribution is 0.669. The Morgan fingerprint density at radius 1 is 0.327 bits per heavy atom. The summed E-state index contributed by atoms with van der Waals surface area (Å²) in [4.78, 5) is 15.2. The highest BCUT2D eigenvalue weighted by Gasteiger charge is 2.16. The molecule has 0 bridgehead atoms. The largest absolute Gasteiger partial charge is 0.456 e. The Balaban J connectivity index is 1.13. The van der Waals surface area contributed by atoms with Crippen molar-refractivity contribution in [1.29, 1.82) is 0 Å². The molecular formula is C45H27N3O. The fourth-order valence-electron chi connectivity index (χ4n) is 7.16. The van der Waals surface area contributed by atoms with Crippen LogP contribution in [0.5, 0.6) is 0 Å². The standard InChI is InChI=1S/C45H27N3O/c1-2-11-29(12-3-1)43-46-44(32-14-8-13-30(26-32)36-17-9-19-41-42(36)39-16-6-7-18-40(39)49-41)48-45(47-43)33-22-23-35-31(27-33)21-25-37-34-15-5-4-10-28(34)20-24-38(35)37/h1-27H. The number of fused-ring (bicyclic) bond motifs is 8. The fourth-order valence-corrected chi connectivity index (χ4v) is 7.16. The first kappa shape index (κ1) is 27.5. The van der Waals surface area contributed by atoms with E-state index in [0.717, 1.165) is 55.1 Å². The highest BCUT2D eigenvalue weighted by atomic mass is 16.3. The highest BCUT2D eigenvalue weighted by Crippen LogP contribution is 2.38. The van der Waals surface area contributed by atoms with Gasteiger partial charge in [-0.3, -0.25) is 0 Å². The van der Waals surface area contributed by atoms with E-state index >= 15 is 0 Å². The lowest BCUT2D eigenvalue weighted by Crippen LogP contribution is -2.00. The van der Waals surface area contributed by atoms with E-state index in [0.29, 0.717) is 17.5 Å². The quantitative estimate of drug-likeness (QED) is 0.183. The van der Waals surface area contributed by atoms with E-state index in [2.05, 4.69) is 109 Å². The minimum absolute atomic E-state index is 0.625. The van der Waals surface area contributed by atoms with Gasteiger partial charge in [0.1, 0.15) is 11.2 Å². The van der Waals surface area contributed by atoms with Crippen LogP contribution in [0.3, 0.4) is 0 Å². The number of nitrogens with zero attached hydrogens (tertiary/aromatic N) is 3. The molecule has 10 aromatic rings. The van der Waals surface area contributed by atoms with Gasteiger partial charge in [-0.05, 0) is 67.7 Å². The van der Waals surface area contributed by atoms with Crippen molar-refractivity contribution in [2.75, 3.05) is 0 Å². The molecule has 228 valence electrons. The van der Waals surface area contributed by atoms with Crippen molar-refractivity contribution in [2.45, 2.75) is 0 Å². The summed E-state index contributed by atoms with van der Waals surface area (Å²) in [6.07, 6.45) is 0. The molecule has 10 rings (SSSR count). The second-order valence-corrected chi connectivity index (χ2v) is 12.4. The van der Waals surface area contributed by atoms with Crippen LogP contribution in [0.2, 0.25) is 0 Å². The average Bonchev–Trinajstić information content (AvgIpc) is 3.57. The molecule has 0 spiro atoms. The molecule has 0 N–H and O–H groups in total. The van der Waals surface area contributed by atoms with Crippen LogP contribution in [0.1, 0.15) is 0 Å². The van der Waals surface area contributed by atoms with Crippen molar-refractivity contribution < 1.29 is 4.42 Å². The molecule has 0 aliphatic heterocycles. The van der Waals surface area contributed by atoms with Crippen LogP contribution in [0.4, 0.5) is 0 Å². The van der Waals surface area contributed by atoms with Crippen LogP contribution >= 0.6 is 0 Å². The Morgan fingerprint density at radius 2 is 0.898 bits per heavy atom. The normalized spacial score (nSPS) is 11.7. The zero-order chi connectivity index (χ0) is 32.3. The maximum absolute atomic E-state index is 6.20. The molecule has 0 amide bonds. The van der Waals surface area contributed by atoms with Crippen LogP contribution in [-0.4, -0.2) is 15.0 Å². The van der Waals surface area contributed by atoms with Gasteiger partial charge in [-0.15, -0.1) is 0 Å². The molecule has 0 fully saturated rings. The number of furan rings is 1. The van der Waals surface area contributed by atoms with Gasteiger partial charge in [0.05, 0.1) is 0 Å². The van der Waals surface area contributed by atoms with Crippen LogP contribution in [0.15, 0.2) is 168 Å². The summed E-state index contributed by atoms with van der Waals surface area (Å²) < 4.78 is 6.20. The molecule has 0 atom stereocenters. The summed E-state index contributed by atoms with van der Waals surface area (Å²) in [6.45, 7) is 0. The lowest BCUT2D eigenvalue weighted by atomic mass is 9.96. The van der Waals surface area contributed by atoms with Gasteiger partial charge in [0, 0.05) is 27.5 Å². The Bertz CT molecular complexity index is 2890. The van der Waals surface area contributed by atoms with Crippen molar-refractivity contribution in [3.05, 3.63) is 164 Å². The van der Waals surface area contributed by atoms with Gasteiger partial charge in [-0.1, -0.05) is 140 Å². The number of benzene rings is 8. The summed E-state index contributed by atoms with van der Waals surface area (Å²) >= 11 is 0. The summed E-state index contributed by atoms with van der Waals surface area (Å²) in [7, 11) is 0. The van der Waals surface area contributed by atoms with E-state index in [9.17, 15) is 0 Å². The van der Waals surface area contributed by atoms with Crippen LogP contribution < -0.4 is 0 Å². The van der Waals surface area contributed by atoms with Crippen molar-refractivity contribution >= 4 is 54.3 Å². The zero-order valence-corrected chi connectivity index (χ0v) is 26.3. The Labute approximate surface area is 282 Å². The van der Waals surface area contributed by atoms with E-state index in [1.54, 1.807) is 0 Å². The van der Waals surface area contributed by atoms with Crippen molar-refractivity contribution in [3.8, 4) is 45.3 Å². The Kier molecular flexibility index (Phi) is 6.15. The molecule has 0 aliphatic rings. The van der Waals surface area contributed by atoms with Crippen molar-refractivity contribution in [3.63, 3.8) is 0 Å². The van der Waals surface area contributed by atoms with Crippen LogP contribution in [0, 0.1) is 0 Å². The molecule has 0 radical (unpaired) electrons. The first-order valence-electron chi connectivity index (χ1n) is 16.4. The monoisotopic (exact) mass is 625 g/mol. The maximum Gasteiger partial charge on any atom is 0.164 e. The molecule has 0 aliphatic carbocycles. The molecule has 4 nitrogen and oxygen atoms in total. The van der Waals surface area contributed by atoms with Gasteiger partial charge in [0.25, 0.3) is 0 Å². The number of aromatic nitrogens is 3. The number of para-hydroxylation sites is 1. The zero-order valence-electron chi connectivity index (χ0n) is 26.3. The number of hydrogen-bond acceptors (Lipinski definition) is 4. The molecule has 2 heterocycles. The summed E-state index contributed by atoms with van der Waals surface area (Å²) in [6, 6.07) is 56.9. The molecule has 49 heavy (non-hydrogen) atoms. The van der Waals surface area contributed by atoms with Crippen molar-refractivity contribution in [1.82, 2.24) is 15.0 Å². The second kappa shape index (κ2) is 11.0. The van der Waals surface area contributed by atoms with Gasteiger partial charge in [0.15, 0.2) is 17.5 Å². The van der Waals surface area contributed by atoms with Gasteiger partial charge in [-0.25, -0.2) is 15.0 Å². The molecule has 0 unspecified atom stereocenters. The average molecular weight is 626 g/mol. The van der Waals surface area contributed by atoms with E-state index in [4.69, 9.17) is 19.4 Å². The Hall–Kier alpha value is -6.65. The smallest absolute Gasteiger partial charge is 0.164 e. The summed E-state index contributed by atoms with van der Waals surface area (Å²) in [5, 5.41) is 9.56.